The molecule has 0 radical (unpaired) electrons. The monoisotopic (exact) mass is 769 g/mol. The summed E-state index contributed by atoms with van der Waals surface area (Å²) in [5.74, 6) is -1.59. The van der Waals surface area contributed by atoms with E-state index in [9.17, 15) is 31.2 Å². The molecule has 52 heavy (non-hydrogen) atoms. The van der Waals surface area contributed by atoms with E-state index in [2.05, 4.69) is 20.4 Å². The molecule has 284 valence electrons. The van der Waals surface area contributed by atoms with Gasteiger partial charge >= 0.3 is 12.3 Å². The molecule has 1 aliphatic carbocycles. The number of carbonyl (C=O) groups excluding carboxylic acids is 2. The van der Waals surface area contributed by atoms with Crippen LogP contribution in [-0.2, 0) is 14.8 Å². The number of likely N-dealkylation sites (tertiary alicyclic amines) is 1. The predicted octanol–water partition coefficient (Wildman–Crippen LogP) is 6.63. The molecule has 0 aromatic carbocycles. The Morgan fingerprint density at radius 3 is 2.48 bits per heavy atom. The number of sulfonamides is 1. The van der Waals surface area contributed by atoms with E-state index in [1.165, 1.54) is 41.2 Å². The number of aromatic nitrogens is 4. The van der Waals surface area contributed by atoms with E-state index < -0.39 is 39.5 Å². The van der Waals surface area contributed by atoms with Crippen molar-refractivity contribution in [1.82, 2.24) is 29.4 Å². The van der Waals surface area contributed by atoms with Crippen molar-refractivity contribution in [3.63, 3.8) is 0 Å². The average Bonchev–Trinajstić information content (AvgIpc) is 3.56. The minimum atomic E-state index is -4.31. The van der Waals surface area contributed by atoms with Crippen LogP contribution in [-0.4, -0.2) is 82.1 Å². The van der Waals surface area contributed by atoms with Gasteiger partial charge in [-0.1, -0.05) is 11.6 Å². The first-order valence-electron chi connectivity index (χ1n) is 16.9. The van der Waals surface area contributed by atoms with Gasteiger partial charge in [0, 0.05) is 37.1 Å². The molecule has 13 nitrogen and oxygen atoms in total. The molecule has 0 spiro atoms. The highest BCUT2D eigenvalue weighted by atomic mass is 35.5. The zero-order chi connectivity index (χ0) is 38.1. The van der Waals surface area contributed by atoms with E-state index >= 15 is 0 Å². The zero-order valence-corrected chi connectivity index (χ0v) is 31.1. The van der Waals surface area contributed by atoms with Gasteiger partial charge in [-0.3, -0.25) is 4.79 Å². The van der Waals surface area contributed by atoms with Gasteiger partial charge in [-0.2, -0.15) is 13.2 Å². The molecule has 1 saturated carbocycles. The van der Waals surface area contributed by atoms with E-state index in [1.807, 2.05) is 39.3 Å². The number of halogens is 4. The average molecular weight is 770 g/mol. The minimum absolute atomic E-state index is 0.0723. The molecule has 3 atom stereocenters. The molecule has 5 rings (SSSR count). The number of hydrogen-bond acceptors (Lipinski definition) is 10. The van der Waals surface area contributed by atoms with E-state index in [4.69, 9.17) is 21.1 Å². The van der Waals surface area contributed by atoms with Crippen LogP contribution in [0.4, 0.5) is 23.8 Å². The Hall–Kier alpha value is -4.12. The van der Waals surface area contributed by atoms with Crippen molar-refractivity contribution in [2.24, 2.45) is 17.8 Å². The van der Waals surface area contributed by atoms with Gasteiger partial charge in [-0.15, -0.1) is 5.10 Å². The van der Waals surface area contributed by atoms with E-state index in [-0.39, 0.29) is 58.4 Å². The first-order chi connectivity index (χ1) is 24.2. The summed E-state index contributed by atoms with van der Waals surface area (Å²) < 4.78 is 78.4. The number of nitrogens with one attached hydrogen (secondary N) is 2. The van der Waals surface area contributed by atoms with Crippen LogP contribution in [0.1, 0.15) is 77.1 Å². The summed E-state index contributed by atoms with van der Waals surface area (Å²) in [6.45, 7) is 10.9. The molecule has 2 fully saturated rings. The van der Waals surface area contributed by atoms with Gasteiger partial charge in [0.05, 0.1) is 18.1 Å². The number of alkyl halides is 3. The number of pyridine rings is 2. The van der Waals surface area contributed by atoms with Crippen molar-refractivity contribution < 1.29 is 40.7 Å². The molecule has 18 heteroatoms. The van der Waals surface area contributed by atoms with E-state index in [0.717, 1.165) is 25.5 Å². The van der Waals surface area contributed by atoms with Crippen LogP contribution < -0.4 is 14.8 Å². The summed E-state index contributed by atoms with van der Waals surface area (Å²) in [7, 11) is -4.31. The predicted molar refractivity (Wildman–Crippen MR) is 186 cm³/mol. The van der Waals surface area contributed by atoms with Crippen LogP contribution in [0, 0.1) is 17.8 Å². The molecule has 1 aliphatic heterocycles. The first kappa shape index (κ1) is 39.1. The van der Waals surface area contributed by atoms with E-state index in [0.29, 0.717) is 24.8 Å². The summed E-state index contributed by atoms with van der Waals surface area (Å²) in [5.41, 5.74) is -1.07. The topological polar surface area (TPSA) is 158 Å². The molecule has 2 N–H and O–H groups in total. The molecule has 4 heterocycles. The minimum Gasteiger partial charge on any atom is -0.477 e. The molecule has 3 unspecified atom stereocenters. The van der Waals surface area contributed by atoms with Crippen molar-refractivity contribution in [3.8, 4) is 11.7 Å². The SMILES string of the molecule is CC(C)(C)OC(=O)N1CC(CCCNc2ccc(S(=O)(=O)NC(=O)c3ccc(-n4ccc(OCCC5CC5C(F)(F)F)n4)nc3Cl)cn2)CC1(C)C. The van der Waals surface area contributed by atoms with Gasteiger partial charge in [0.25, 0.3) is 15.9 Å². The number of carbonyl (C=O) groups is 2. The third-order valence-electron chi connectivity index (χ3n) is 8.90. The summed E-state index contributed by atoms with van der Waals surface area (Å²) in [4.78, 5) is 35.4. The van der Waals surface area contributed by atoms with Crippen molar-refractivity contribution in [2.45, 2.75) is 88.9 Å². The summed E-state index contributed by atoms with van der Waals surface area (Å²) in [6, 6.07) is 7.01. The second kappa shape index (κ2) is 15.1. The fourth-order valence-electron chi connectivity index (χ4n) is 6.22. The maximum atomic E-state index is 13.0. The molecular weight excluding hydrogens is 727 g/mol. The van der Waals surface area contributed by atoms with Crippen LogP contribution in [0.5, 0.6) is 5.88 Å². The lowest BCUT2D eigenvalue weighted by Gasteiger charge is -2.33. The Kier molecular flexibility index (Phi) is 11.3. The van der Waals surface area contributed by atoms with Gasteiger partial charge in [-0.25, -0.2) is 32.6 Å². The van der Waals surface area contributed by atoms with Crippen LogP contribution >= 0.6 is 11.6 Å². The highest BCUT2D eigenvalue weighted by Crippen LogP contribution is 2.51. The maximum Gasteiger partial charge on any atom is 0.410 e. The number of nitrogens with zero attached hydrogens (tertiary/aromatic N) is 5. The fourth-order valence-corrected chi connectivity index (χ4v) is 7.37. The van der Waals surface area contributed by atoms with Crippen molar-refractivity contribution in [3.05, 3.63) is 53.4 Å². The molecule has 2 amide bonds. The standard InChI is InChI=1S/C34H43ClF3N7O6S/c1-32(2,3)51-31(47)44-20-21(18-33(44,4)5)7-6-14-39-26-10-8-23(19-40-26)52(48,49)43-30(46)24-9-11-27(41-29(24)35)45-15-12-28(42-45)50-16-13-22-17-25(22)34(36,37)38/h8-12,15,19,21-22,25H,6-7,13-14,16-18,20H2,1-5H3,(H,39,40)(H,43,46). The van der Waals surface area contributed by atoms with Crippen LogP contribution in [0.3, 0.4) is 0 Å². The normalized spacial score (nSPS) is 20.0. The lowest BCUT2D eigenvalue weighted by molar-refractivity contribution is -0.151. The van der Waals surface area contributed by atoms with E-state index in [1.54, 1.807) is 4.90 Å². The van der Waals surface area contributed by atoms with Gasteiger partial charge in [0.1, 0.15) is 21.5 Å². The Labute approximate surface area is 305 Å². The van der Waals surface area contributed by atoms with Gasteiger partial charge < -0.3 is 19.7 Å². The quantitative estimate of drug-likeness (QED) is 0.143. The molecule has 0 bridgehead atoms. The highest BCUT2D eigenvalue weighted by molar-refractivity contribution is 7.90. The molecule has 1 saturated heterocycles. The smallest absolute Gasteiger partial charge is 0.410 e. The van der Waals surface area contributed by atoms with Crippen molar-refractivity contribution in [1.29, 1.82) is 0 Å². The van der Waals surface area contributed by atoms with Crippen molar-refractivity contribution in [2.75, 3.05) is 25.0 Å². The number of rotatable bonds is 13. The lowest BCUT2D eigenvalue weighted by Crippen LogP contribution is -2.45. The second-order valence-corrected chi connectivity index (χ2v) is 16.8. The molecular formula is C34H43ClF3N7O6S. The van der Waals surface area contributed by atoms with Crippen LogP contribution in [0.2, 0.25) is 5.15 Å². The number of anilines is 1. The first-order valence-corrected chi connectivity index (χ1v) is 18.8. The Morgan fingerprint density at radius 2 is 1.85 bits per heavy atom. The van der Waals surface area contributed by atoms with Gasteiger partial charge in [0.15, 0.2) is 5.82 Å². The summed E-state index contributed by atoms with van der Waals surface area (Å²) in [6.07, 6.45) is 1.04. The Balaban J connectivity index is 1.07. The van der Waals surface area contributed by atoms with Crippen LogP contribution in [0.25, 0.3) is 5.82 Å². The van der Waals surface area contributed by atoms with Gasteiger partial charge in [-0.05, 0) is 103 Å². The lowest BCUT2D eigenvalue weighted by atomic mass is 9.93. The second-order valence-electron chi connectivity index (χ2n) is 14.7. The third-order valence-corrected chi connectivity index (χ3v) is 10.5. The molecule has 3 aromatic rings. The highest BCUT2D eigenvalue weighted by Gasteiger charge is 2.55. The van der Waals surface area contributed by atoms with Crippen LogP contribution in [0.15, 0.2) is 47.6 Å². The number of ether oxygens (including phenoxy) is 2. The zero-order valence-electron chi connectivity index (χ0n) is 29.5. The largest absolute Gasteiger partial charge is 0.477 e. The summed E-state index contributed by atoms with van der Waals surface area (Å²) in [5, 5.41) is 7.07. The molecule has 3 aromatic heterocycles. The maximum absolute atomic E-state index is 13.0. The Morgan fingerprint density at radius 1 is 1.10 bits per heavy atom. The Bertz CT molecular complexity index is 1870. The summed E-state index contributed by atoms with van der Waals surface area (Å²) >= 11 is 6.24. The van der Waals surface area contributed by atoms with Crippen molar-refractivity contribution >= 4 is 39.4 Å². The fraction of sp³-hybridized carbons (Fsp3) is 0.559. The number of hydrogen-bond donors (Lipinski definition) is 2. The third kappa shape index (κ3) is 10.1. The van der Waals surface area contributed by atoms with Gasteiger partial charge in [0.2, 0.25) is 5.88 Å². The number of amides is 2. The molecule has 2 aliphatic rings.